The van der Waals surface area contributed by atoms with Crippen molar-refractivity contribution in [3.05, 3.63) is 86.9 Å². The number of hydrogen-bond donors (Lipinski definition) is 2. The molecule has 9 heteroatoms. The molecule has 0 unspecified atom stereocenters. The first-order chi connectivity index (χ1) is 16.8. The van der Waals surface area contributed by atoms with Crippen LogP contribution in [0.4, 0.5) is 5.69 Å². The molecular formula is C26H25Cl2N3O4. The maximum absolute atomic E-state index is 12.4. The predicted octanol–water partition coefficient (Wildman–Crippen LogP) is 5.79. The molecule has 0 spiro atoms. The topological polar surface area (TPSA) is 89.0 Å². The third-order valence-electron chi connectivity index (χ3n) is 4.96. The van der Waals surface area contributed by atoms with Gasteiger partial charge in [0.2, 0.25) is 0 Å². The van der Waals surface area contributed by atoms with E-state index in [1.165, 1.54) is 6.21 Å². The average molecular weight is 514 g/mol. The van der Waals surface area contributed by atoms with Crippen molar-refractivity contribution in [1.82, 2.24) is 5.43 Å². The summed E-state index contributed by atoms with van der Waals surface area (Å²) in [6.07, 6.45) is 1.43. The quantitative estimate of drug-likeness (QED) is 0.280. The second-order valence-corrected chi connectivity index (χ2v) is 8.45. The number of amides is 2. The van der Waals surface area contributed by atoms with Gasteiger partial charge in [-0.25, -0.2) is 5.43 Å². The highest BCUT2D eigenvalue weighted by Crippen LogP contribution is 2.36. The Bertz CT molecular complexity index is 1240. The van der Waals surface area contributed by atoms with E-state index < -0.39 is 0 Å². The highest BCUT2D eigenvalue weighted by Gasteiger charge is 2.14. The average Bonchev–Trinajstić information content (AvgIpc) is 2.81. The minimum Gasteiger partial charge on any atom is -0.490 e. The van der Waals surface area contributed by atoms with Crippen LogP contribution in [0.3, 0.4) is 0 Å². The Morgan fingerprint density at radius 3 is 2.40 bits per heavy atom. The van der Waals surface area contributed by atoms with Gasteiger partial charge in [-0.1, -0.05) is 29.3 Å². The van der Waals surface area contributed by atoms with Gasteiger partial charge in [-0.3, -0.25) is 9.59 Å². The smallest absolute Gasteiger partial charge is 0.271 e. The lowest BCUT2D eigenvalue weighted by atomic mass is 10.1. The molecule has 0 aliphatic rings. The van der Waals surface area contributed by atoms with E-state index in [4.69, 9.17) is 32.7 Å². The molecule has 3 rings (SSSR count). The van der Waals surface area contributed by atoms with Crippen molar-refractivity contribution in [3.8, 4) is 11.5 Å². The van der Waals surface area contributed by atoms with Crippen LogP contribution in [-0.4, -0.2) is 31.2 Å². The third-order valence-corrected chi connectivity index (χ3v) is 5.49. The van der Waals surface area contributed by atoms with Crippen molar-refractivity contribution in [2.24, 2.45) is 5.10 Å². The van der Waals surface area contributed by atoms with Crippen molar-refractivity contribution < 1.29 is 19.1 Å². The number of carbonyl (C=O) groups excluding carboxylic acids is 2. The Morgan fingerprint density at radius 2 is 1.71 bits per heavy atom. The summed E-state index contributed by atoms with van der Waals surface area (Å²) in [5.41, 5.74) is 6.33. The molecule has 0 atom stereocenters. The summed E-state index contributed by atoms with van der Waals surface area (Å²) in [5, 5.41) is 7.54. The molecule has 0 saturated heterocycles. The van der Waals surface area contributed by atoms with Crippen LogP contribution in [0.1, 0.15) is 34.0 Å². The molecule has 3 aromatic carbocycles. The number of nitrogens with one attached hydrogen (secondary N) is 2. The molecule has 0 bridgehead atoms. The Kier molecular flexibility index (Phi) is 9.11. The molecule has 0 fully saturated rings. The summed E-state index contributed by atoms with van der Waals surface area (Å²) in [4.78, 5) is 24.6. The van der Waals surface area contributed by atoms with Crippen molar-refractivity contribution in [3.63, 3.8) is 0 Å². The van der Waals surface area contributed by atoms with E-state index in [1.807, 2.05) is 39.0 Å². The van der Waals surface area contributed by atoms with Gasteiger partial charge >= 0.3 is 0 Å². The van der Waals surface area contributed by atoms with Crippen molar-refractivity contribution in [2.45, 2.75) is 20.8 Å². The van der Waals surface area contributed by atoms with Crippen molar-refractivity contribution in [2.75, 3.05) is 18.5 Å². The number of hydrogen-bond acceptors (Lipinski definition) is 5. The number of halogens is 2. The van der Waals surface area contributed by atoms with Gasteiger partial charge in [0.25, 0.3) is 11.8 Å². The fourth-order valence-electron chi connectivity index (χ4n) is 3.05. The summed E-state index contributed by atoms with van der Waals surface area (Å²) in [6.45, 7) is 5.90. The van der Waals surface area contributed by atoms with Crippen LogP contribution in [-0.2, 0) is 4.79 Å². The lowest BCUT2D eigenvalue weighted by Gasteiger charge is -2.14. The van der Waals surface area contributed by atoms with E-state index in [9.17, 15) is 9.59 Å². The second kappa shape index (κ2) is 12.2. The standard InChI is InChI=1S/C26H25Cl2N3O4/c1-4-34-23-13-18(14-29-31-26(33)19-6-8-20(27)9-7-19)12-22(28)25(23)35-15-24(32)30-21-10-5-16(2)17(3)11-21/h5-14H,4,15H2,1-3H3,(H,30,32)(H,31,33)/b29-14+. The number of nitrogens with zero attached hydrogens (tertiary/aromatic N) is 1. The minimum atomic E-state index is -0.385. The normalized spacial score (nSPS) is 10.8. The SMILES string of the molecule is CCOc1cc(/C=N/NC(=O)c2ccc(Cl)cc2)cc(Cl)c1OCC(=O)Nc1ccc(C)c(C)c1. The van der Waals surface area contributed by atoms with Crippen LogP contribution in [0.2, 0.25) is 10.0 Å². The largest absolute Gasteiger partial charge is 0.490 e. The van der Waals surface area contributed by atoms with Gasteiger partial charge in [0.05, 0.1) is 17.8 Å². The highest BCUT2D eigenvalue weighted by molar-refractivity contribution is 6.32. The van der Waals surface area contributed by atoms with Gasteiger partial charge in [-0.05, 0) is 86.0 Å². The van der Waals surface area contributed by atoms with Gasteiger partial charge in [0.1, 0.15) is 0 Å². The Labute approximate surface area is 214 Å². The molecule has 0 radical (unpaired) electrons. The summed E-state index contributed by atoms with van der Waals surface area (Å²) >= 11 is 12.2. The highest BCUT2D eigenvalue weighted by atomic mass is 35.5. The Balaban J connectivity index is 1.65. The molecule has 35 heavy (non-hydrogen) atoms. The number of rotatable bonds is 9. The Hall–Kier alpha value is -3.55. The van der Waals surface area contributed by atoms with Gasteiger partial charge in [-0.15, -0.1) is 0 Å². The first-order valence-electron chi connectivity index (χ1n) is 10.8. The summed E-state index contributed by atoms with van der Waals surface area (Å²) in [5.74, 6) is -0.123. The zero-order chi connectivity index (χ0) is 25.4. The number of aryl methyl sites for hydroxylation is 2. The van der Waals surface area contributed by atoms with Gasteiger partial charge < -0.3 is 14.8 Å². The molecule has 0 aliphatic heterocycles. The van der Waals surface area contributed by atoms with Crippen molar-refractivity contribution >= 4 is 46.9 Å². The lowest BCUT2D eigenvalue weighted by molar-refractivity contribution is -0.118. The van der Waals surface area contributed by atoms with Crippen LogP contribution in [0, 0.1) is 13.8 Å². The van der Waals surface area contributed by atoms with E-state index in [-0.39, 0.29) is 29.2 Å². The second-order valence-electron chi connectivity index (χ2n) is 7.60. The predicted molar refractivity (Wildman–Crippen MR) is 139 cm³/mol. The summed E-state index contributed by atoms with van der Waals surface area (Å²) in [6, 6.07) is 15.4. The molecule has 2 amide bonds. The fraction of sp³-hybridized carbons (Fsp3) is 0.192. The van der Waals surface area contributed by atoms with Crippen LogP contribution in [0.15, 0.2) is 59.7 Å². The van der Waals surface area contributed by atoms with Gasteiger partial charge in [-0.2, -0.15) is 5.10 Å². The maximum atomic E-state index is 12.4. The number of carbonyl (C=O) groups is 2. The van der Waals surface area contributed by atoms with Crippen LogP contribution >= 0.6 is 23.2 Å². The maximum Gasteiger partial charge on any atom is 0.271 e. The zero-order valence-corrected chi connectivity index (χ0v) is 21.0. The van der Waals surface area contributed by atoms with E-state index >= 15 is 0 Å². The molecule has 182 valence electrons. The number of anilines is 1. The van der Waals surface area contributed by atoms with Crippen molar-refractivity contribution in [1.29, 1.82) is 0 Å². The molecular weight excluding hydrogens is 489 g/mol. The first kappa shape index (κ1) is 26.1. The number of ether oxygens (including phenoxy) is 2. The number of hydrazone groups is 1. The van der Waals surface area contributed by atoms with E-state index in [0.29, 0.717) is 34.2 Å². The molecule has 3 aromatic rings. The molecule has 0 saturated carbocycles. The zero-order valence-electron chi connectivity index (χ0n) is 19.5. The van der Waals surface area contributed by atoms with E-state index in [2.05, 4.69) is 15.8 Å². The minimum absolute atomic E-state index is 0.236. The molecule has 0 aromatic heterocycles. The van der Waals surface area contributed by atoms with Gasteiger partial charge in [0, 0.05) is 16.3 Å². The van der Waals surface area contributed by atoms with Crippen LogP contribution in [0.25, 0.3) is 0 Å². The third kappa shape index (κ3) is 7.47. The number of benzene rings is 3. The van der Waals surface area contributed by atoms with E-state index in [0.717, 1.165) is 11.1 Å². The first-order valence-corrected chi connectivity index (χ1v) is 11.6. The van der Waals surface area contributed by atoms with Crippen LogP contribution < -0.4 is 20.2 Å². The molecule has 0 heterocycles. The fourth-order valence-corrected chi connectivity index (χ4v) is 3.45. The lowest BCUT2D eigenvalue weighted by Crippen LogP contribution is -2.20. The summed E-state index contributed by atoms with van der Waals surface area (Å²) < 4.78 is 11.3. The Morgan fingerprint density at radius 1 is 0.971 bits per heavy atom. The molecule has 0 aliphatic carbocycles. The van der Waals surface area contributed by atoms with E-state index in [1.54, 1.807) is 36.4 Å². The monoisotopic (exact) mass is 513 g/mol. The molecule has 7 nitrogen and oxygen atoms in total. The van der Waals surface area contributed by atoms with Gasteiger partial charge in [0.15, 0.2) is 18.1 Å². The molecule has 2 N–H and O–H groups in total. The van der Waals surface area contributed by atoms with Crippen LogP contribution in [0.5, 0.6) is 11.5 Å². The summed E-state index contributed by atoms with van der Waals surface area (Å²) in [7, 11) is 0.